The molecule has 0 unspecified atom stereocenters. The van der Waals surface area contributed by atoms with Gasteiger partial charge in [-0.05, 0) is 30.9 Å². The Kier molecular flexibility index (Phi) is 6.04. The fourth-order valence-electron chi connectivity index (χ4n) is 3.73. The summed E-state index contributed by atoms with van der Waals surface area (Å²) in [4.78, 5) is 4.58. The number of aromatic nitrogens is 1. The quantitative estimate of drug-likeness (QED) is 0.824. The van der Waals surface area contributed by atoms with Crippen LogP contribution in [0.3, 0.4) is 0 Å². The summed E-state index contributed by atoms with van der Waals surface area (Å²) < 4.78 is 25.7. The second kappa shape index (κ2) is 8.08. The van der Waals surface area contributed by atoms with Gasteiger partial charge in [0.2, 0.25) is 0 Å². The molecule has 2 N–H and O–H groups in total. The number of rotatable bonds is 6. The standard InChI is InChI=1S/C19H29FN2O3/c1-13(2)18(12-23)21-11-17-15(20)3-4-16(22-17)14-5-7-19(8-6-14)24-9-10-25-19/h3-4,13-14,18,21,23H,5-12H2,1-2H3/t18-/m0/s1. The summed E-state index contributed by atoms with van der Waals surface area (Å²) in [7, 11) is 0. The van der Waals surface area contributed by atoms with Gasteiger partial charge in [-0.25, -0.2) is 4.39 Å². The molecule has 2 fully saturated rings. The van der Waals surface area contributed by atoms with Gasteiger partial charge in [0.15, 0.2) is 5.79 Å². The van der Waals surface area contributed by atoms with E-state index in [2.05, 4.69) is 10.3 Å². The maximum Gasteiger partial charge on any atom is 0.168 e. The van der Waals surface area contributed by atoms with Crippen molar-refractivity contribution in [2.24, 2.45) is 5.92 Å². The molecule has 25 heavy (non-hydrogen) atoms. The van der Waals surface area contributed by atoms with Gasteiger partial charge in [0.05, 0.1) is 25.5 Å². The van der Waals surface area contributed by atoms with Crippen LogP contribution in [0.5, 0.6) is 0 Å². The average Bonchev–Trinajstić information content (AvgIpc) is 3.05. The largest absolute Gasteiger partial charge is 0.395 e. The highest BCUT2D eigenvalue weighted by Crippen LogP contribution is 2.41. The topological polar surface area (TPSA) is 63.6 Å². The lowest BCUT2D eigenvalue weighted by atomic mass is 9.83. The van der Waals surface area contributed by atoms with Crippen LogP contribution in [0.25, 0.3) is 0 Å². The minimum absolute atomic E-state index is 0.0314. The Morgan fingerprint density at radius 1 is 1.28 bits per heavy atom. The Balaban J connectivity index is 1.63. The number of hydrogen-bond donors (Lipinski definition) is 2. The molecule has 1 aromatic rings. The Labute approximate surface area is 148 Å². The number of pyridine rings is 1. The molecule has 1 atom stereocenters. The first kappa shape index (κ1) is 18.7. The predicted molar refractivity (Wildman–Crippen MR) is 92.6 cm³/mol. The number of nitrogens with one attached hydrogen (secondary N) is 1. The van der Waals surface area contributed by atoms with E-state index >= 15 is 0 Å². The van der Waals surface area contributed by atoms with Gasteiger partial charge in [0.25, 0.3) is 0 Å². The fraction of sp³-hybridized carbons (Fsp3) is 0.737. The second-order valence-electron chi connectivity index (χ2n) is 7.46. The third kappa shape index (κ3) is 4.37. The maximum atomic E-state index is 14.1. The zero-order chi connectivity index (χ0) is 17.9. The lowest BCUT2D eigenvalue weighted by molar-refractivity contribution is -0.178. The molecule has 140 valence electrons. The molecule has 1 aromatic heterocycles. The first-order valence-electron chi connectivity index (χ1n) is 9.30. The van der Waals surface area contributed by atoms with Crippen molar-refractivity contribution in [2.45, 2.75) is 63.8 Å². The molecule has 0 radical (unpaired) electrons. The van der Waals surface area contributed by atoms with Crippen molar-refractivity contribution in [2.75, 3.05) is 19.8 Å². The number of aliphatic hydroxyl groups excluding tert-OH is 1. The van der Waals surface area contributed by atoms with Gasteiger partial charge in [0.1, 0.15) is 5.82 Å². The smallest absolute Gasteiger partial charge is 0.168 e. The molecule has 0 bridgehead atoms. The molecule has 1 saturated carbocycles. The second-order valence-corrected chi connectivity index (χ2v) is 7.46. The lowest BCUT2D eigenvalue weighted by Gasteiger charge is -2.35. The summed E-state index contributed by atoms with van der Waals surface area (Å²) in [6.07, 6.45) is 3.61. The Hall–Kier alpha value is -1.08. The third-order valence-corrected chi connectivity index (χ3v) is 5.45. The van der Waals surface area contributed by atoms with Gasteiger partial charge in [0, 0.05) is 37.0 Å². The molecule has 2 aliphatic rings. The molecule has 3 rings (SSSR count). The van der Waals surface area contributed by atoms with Crippen LogP contribution in [-0.4, -0.2) is 41.7 Å². The van der Waals surface area contributed by atoms with E-state index in [1.165, 1.54) is 6.07 Å². The molecular formula is C19H29FN2O3. The van der Waals surface area contributed by atoms with Gasteiger partial charge >= 0.3 is 0 Å². The zero-order valence-corrected chi connectivity index (χ0v) is 15.1. The van der Waals surface area contributed by atoms with Crippen LogP contribution < -0.4 is 5.32 Å². The Bertz CT molecular complexity index is 566. The van der Waals surface area contributed by atoms with Crippen molar-refractivity contribution in [3.63, 3.8) is 0 Å². The summed E-state index contributed by atoms with van der Waals surface area (Å²) in [5, 5.41) is 12.6. The van der Waals surface area contributed by atoms with Crippen LogP contribution in [0.4, 0.5) is 4.39 Å². The summed E-state index contributed by atoms with van der Waals surface area (Å²) in [6, 6.07) is 3.25. The number of ether oxygens (including phenoxy) is 2. The van der Waals surface area contributed by atoms with E-state index in [1.54, 1.807) is 6.07 Å². The van der Waals surface area contributed by atoms with Crippen molar-refractivity contribution in [1.29, 1.82) is 0 Å². The van der Waals surface area contributed by atoms with E-state index in [4.69, 9.17) is 9.47 Å². The summed E-state index contributed by atoms with van der Waals surface area (Å²) in [5.41, 5.74) is 1.36. The SMILES string of the molecule is CC(C)[C@H](CO)NCc1nc(C2CCC3(CC2)OCCO3)ccc1F. The molecule has 2 heterocycles. The highest BCUT2D eigenvalue weighted by molar-refractivity contribution is 5.18. The van der Waals surface area contributed by atoms with Crippen LogP contribution in [0, 0.1) is 11.7 Å². The van der Waals surface area contributed by atoms with Gasteiger partial charge in [-0.3, -0.25) is 4.98 Å². The van der Waals surface area contributed by atoms with E-state index in [9.17, 15) is 9.50 Å². The summed E-state index contributed by atoms with van der Waals surface area (Å²) >= 11 is 0. The minimum atomic E-state index is -0.382. The predicted octanol–water partition coefficient (Wildman–Crippen LogP) is 2.73. The lowest BCUT2D eigenvalue weighted by Crippen LogP contribution is -2.37. The number of nitrogens with zero attached hydrogens (tertiary/aromatic N) is 1. The van der Waals surface area contributed by atoms with Crippen LogP contribution >= 0.6 is 0 Å². The summed E-state index contributed by atoms with van der Waals surface area (Å²) in [6.45, 7) is 5.77. The van der Waals surface area contributed by atoms with E-state index in [1.807, 2.05) is 13.8 Å². The van der Waals surface area contributed by atoms with E-state index in [0.717, 1.165) is 31.4 Å². The summed E-state index contributed by atoms with van der Waals surface area (Å²) in [5.74, 6) is -0.0906. The fourth-order valence-corrected chi connectivity index (χ4v) is 3.73. The number of hydrogen-bond acceptors (Lipinski definition) is 5. The minimum Gasteiger partial charge on any atom is -0.395 e. The Morgan fingerprint density at radius 3 is 2.56 bits per heavy atom. The molecule has 0 amide bonds. The molecule has 6 heteroatoms. The molecule has 0 aromatic carbocycles. The maximum absolute atomic E-state index is 14.1. The first-order valence-corrected chi connectivity index (χ1v) is 9.30. The molecule has 1 saturated heterocycles. The highest BCUT2D eigenvalue weighted by Gasteiger charge is 2.40. The van der Waals surface area contributed by atoms with E-state index in [0.29, 0.717) is 31.4 Å². The van der Waals surface area contributed by atoms with E-state index < -0.39 is 0 Å². The van der Waals surface area contributed by atoms with Gasteiger partial charge in [-0.15, -0.1) is 0 Å². The van der Waals surface area contributed by atoms with Crippen LogP contribution in [0.2, 0.25) is 0 Å². The molecular weight excluding hydrogens is 323 g/mol. The average molecular weight is 352 g/mol. The van der Waals surface area contributed by atoms with Crippen molar-refractivity contribution in [3.8, 4) is 0 Å². The molecule has 5 nitrogen and oxygen atoms in total. The van der Waals surface area contributed by atoms with Gasteiger partial charge in [-0.1, -0.05) is 13.8 Å². The van der Waals surface area contributed by atoms with Crippen molar-refractivity contribution in [3.05, 3.63) is 29.3 Å². The van der Waals surface area contributed by atoms with Gasteiger partial charge < -0.3 is 19.9 Å². The molecule has 1 aliphatic heterocycles. The van der Waals surface area contributed by atoms with Crippen molar-refractivity contribution in [1.82, 2.24) is 10.3 Å². The normalized spacial score (nSPS) is 22.0. The zero-order valence-electron chi connectivity index (χ0n) is 15.1. The first-order chi connectivity index (χ1) is 12.0. The van der Waals surface area contributed by atoms with E-state index in [-0.39, 0.29) is 30.2 Å². The molecule has 1 aliphatic carbocycles. The van der Waals surface area contributed by atoms with Gasteiger partial charge in [-0.2, -0.15) is 0 Å². The van der Waals surface area contributed by atoms with Crippen LogP contribution in [0.1, 0.15) is 56.8 Å². The van der Waals surface area contributed by atoms with Crippen molar-refractivity contribution >= 4 is 0 Å². The third-order valence-electron chi connectivity index (χ3n) is 5.45. The highest BCUT2D eigenvalue weighted by atomic mass is 19.1. The monoisotopic (exact) mass is 352 g/mol. The van der Waals surface area contributed by atoms with Crippen LogP contribution in [0.15, 0.2) is 12.1 Å². The molecule has 1 spiro atoms. The number of halogens is 1. The Morgan fingerprint density at radius 2 is 1.96 bits per heavy atom. The van der Waals surface area contributed by atoms with Crippen molar-refractivity contribution < 1.29 is 19.0 Å². The number of aliphatic hydroxyl groups is 1. The van der Waals surface area contributed by atoms with Crippen LogP contribution in [-0.2, 0) is 16.0 Å².